The largest absolute Gasteiger partial charge is 0.477 e. The molecule has 25 heavy (non-hydrogen) atoms. The molecule has 4 nitrogen and oxygen atoms in total. The minimum Gasteiger partial charge on any atom is -0.477 e. The number of sulfonamides is 1. The molecule has 0 bridgehead atoms. The summed E-state index contributed by atoms with van der Waals surface area (Å²) in [5.74, 6) is 0.863. The maximum absolute atomic E-state index is 11.9. The van der Waals surface area contributed by atoms with Crippen molar-refractivity contribution in [2.24, 2.45) is 0 Å². The lowest BCUT2D eigenvalue weighted by Crippen LogP contribution is -2.30. The van der Waals surface area contributed by atoms with Crippen molar-refractivity contribution in [3.05, 3.63) is 29.8 Å². The summed E-state index contributed by atoms with van der Waals surface area (Å²) in [6.07, 6.45) is 12.0. The molecule has 0 spiro atoms. The highest BCUT2D eigenvalue weighted by Gasteiger charge is 2.09. The Kier molecular flexibility index (Phi) is 11.6. The molecule has 0 aromatic heterocycles. The molecule has 0 radical (unpaired) electrons. The summed E-state index contributed by atoms with van der Waals surface area (Å²) in [5, 5.41) is 0. The predicted octanol–water partition coefficient (Wildman–Crippen LogP) is 5.17. The number of hydrogen-bond acceptors (Lipinski definition) is 3. The van der Waals surface area contributed by atoms with Crippen molar-refractivity contribution >= 4 is 10.0 Å². The normalized spacial score (nSPS) is 11.6. The first kappa shape index (κ1) is 22.0. The second kappa shape index (κ2) is 13.2. The Bertz CT molecular complexity index is 558. The Labute approximate surface area is 154 Å². The Morgan fingerprint density at radius 3 is 2.12 bits per heavy atom. The van der Waals surface area contributed by atoms with E-state index in [0.29, 0.717) is 5.75 Å². The van der Waals surface area contributed by atoms with Crippen LogP contribution in [0.5, 0.6) is 5.75 Å². The van der Waals surface area contributed by atoms with E-state index in [1.807, 2.05) is 31.2 Å². The highest BCUT2D eigenvalue weighted by molar-refractivity contribution is 7.89. The van der Waals surface area contributed by atoms with Crippen LogP contribution < -0.4 is 9.46 Å². The Morgan fingerprint density at radius 2 is 1.52 bits per heavy atom. The van der Waals surface area contributed by atoms with Crippen LogP contribution in [0.4, 0.5) is 0 Å². The molecule has 0 amide bonds. The van der Waals surface area contributed by atoms with Crippen LogP contribution in [0.15, 0.2) is 24.3 Å². The predicted molar refractivity (Wildman–Crippen MR) is 105 cm³/mol. The molecule has 1 rings (SSSR count). The van der Waals surface area contributed by atoms with Gasteiger partial charge in [-0.3, -0.25) is 0 Å². The van der Waals surface area contributed by atoms with Crippen LogP contribution >= 0.6 is 0 Å². The fourth-order valence-electron chi connectivity index (χ4n) is 2.76. The Hall–Kier alpha value is -1.07. The first-order valence-corrected chi connectivity index (χ1v) is 11.4. The summed E-state index contributed by atoms with van der Waals surface area (Å²) < 4.78 is 31.8. The Balaban J connectivity index is 2.02. The van der Waals surface area contributed by atoms with E-state index < -0.39 is 10.0 Å². The van der Waals surface area contributed by atoms with Gasteiger partial charge in [0.05, 0.1) is 5.75 Å². The lowest BCUT2D eigenvalue weighted by Gasteiger charge is -2.09. The molecule has 144 valence electrons. The quantitative estimate of drug-likeness (QED) is 0.343. The van der Waals surface area contributed by atoms with Gasteiger partial charge in [-0.05, 0) is 31.0 Å². The lowest BCUT2D eigenvalue weighted by atomic mass is 10.1. The van der Waals surface area contributed by atoms with Crippen molar-refractivity contribution in [3.63, 3.8) is 0 Å². The summed E-state index contributed by atoms with van der Waals surface area (Å²) in [4.78, 5) is 0. The molecule has 0 saturated carbocycles. The summed E-state index contributed by atoms with van der Waals surface area (Å²) in [7, 11) is -3.24. The standard InChI is InChI=1S/C20H35NO3S/c1-3-4-5-6-7-8-9-10-11-12-16-25(22,23)21-18-24-20-15-13-14-19(2)17-20/h13-15,17,21H,3-12,16,18H2,1-2H3. The van der Waals surface area contributed by atoms with E-state index in [0.717, 1.165) is 24.8 Å². The molecule has 0 aliphatic carbocycles. The smallest absolute Gasteiger partial charge is 0.214 e. The molecule has 1 aromatic carbocycles. The van der Waals surface area contributed by atoms with Crippen molar-refractivity contribution in [2.75, 3.05) is 12.5 Å². The van der Waals surface area contributed by atoms with Gasteiger partial charge in [0.25, 0.3) is 0 Å². The van der Waals surface area contributed by atoms with Crippen LogP contribution in [0, 0.1) is 6.92 Å². The summed E-state index contributed by atoms with van der Waals surface area (Å²) >= 11 is 0. The molecule has 5 heteroatoms. The van der Waals surface area contributed by atoms with E-state index in [-0.39, 0.29) is 12.5 Å². The van der Waals surface area contributed by atoms with Crippen molar-refractivity contribution in [1.82, 2.24) is 4.72 Å². The second-order valence-corrected chi connectivity index (χ2v) is 8.68. The zero-order chi connectivity index (χ0) is 18.4. The van der Waals surface area contributed by atoms with Crippen LogP contribution in [0.1, 0.15) is 76.7 Å². The molecule has 1 aromatic rings. The van der Waals surface area contributed by atoms with Gasteiger partial charge in [-0.1, -0.05) is 76.8 Å². The minimum absolute atomic E-state index is 0.0104. The number of benzene rings is 1. The molecule has 0 unspecified atom stereocenters. The van der Waals surface area contributed by atoms with Gasteiger partial charge in [-0.15, -0.1) is 0 Å². The number of unbranched alkanes of at least 4 members (excludes halogenated alkanes) is 9. The van der Waals surface area contributed by atoms with E-state index >= 15 is 0 Å². The van der Waals surface area contributed by atoms with Gasteiger partial charge in [0.2, 0.25) is 10.0 Å². The first-order chi connectivity index (χ1) is 12.0. The van der Waals surface area contributed by atoms with Gasteiger partial charge in [-0.25, -0.2) is 8.42 Å². The van der Waals surface area contributed by atoms with Crippen LogP contribution in [0.2, 0.25) is 0 Å². The fraction of sp³-hybridized carbons (Fsp3) is 0.700. The van der Waals surface area contributed by atoms with Gasteiger partial charge < -0.3 is 4.74 Å². The molecule has 0 saturated heterocycles. The van der Waals surface area contributed by atoms with Gasteiger partial charge in [0.1, 0.15) is 5.75 Å². The summed E-state index contributed by atoms with van der Waals surface area (Å²) in [6, 6.07) is 7.57. The zero-order valence-corrected chi connectivity index (χ0v) is 16.7. The van der Waals surface area contributed by atoms with Crippen LogP contribution in [-0.4, -0.2) is 20.9 Å². The number of ether oxygens (including phenoxy) is 1. The van der Waals surface area contributed by atoms with Crippen LogP contribution in [-0.2, 0) is 10.0 Å². The molecule has 0 fully saturated rings. The van der Waals surface area contributed by atoms with E-state index in [4.69, 9.17) is 4.74 Å². The van der Waals surface area contributed by atoms with Gasteiger partial charge >= 0.3 is 0 Å². The molecule has 1 N–H and O–H groups in total. The second-order valence-electron chi connectivity index (χ2n) is 6.75. The third kappa shape index (κ3) is 12.0. The molecule has 0 aliphatic heterocycles. The molecular weight excluding hydrogens is 334 g/mol. The van der Waals surface area contributed by atoms with Gasteiger partial charge in [0.15, 0.2) is 6.73 Å². The number of hydrogen-bond donors (Lipinski definition) is 1. The van der Waals surface area contributed by atoms with Gasteiger partial charge in [0, 0.05) is 0 Å². The maximum Gasteiger partial charge on any atom is 0.214 e. The Morgan fingerprint density at radius 1 is 0.920 bits per heavy atom. The first-order valence-electron chi connectivity index (χ1n) is 9.70. The number of rotatable bonds is 15. The molecular formula is C20H35NO3S. The van der Waals surface area contributed by atoms with E-state index in [1.54, 1.807) is 0 Å². The van der Waals surface area contributed by atoms with Gasteiger partial charge in [-0.2, -0.15) is 4.72 Å². The van der Waals surface area contributed by atoms with E-state index in [2.05, 4.69) is 11.6 Å². The SMILES string of the molecule is CCCCCCCCCCCCS(=O)(=O)NCOc1cccc(C)c1. The van der Waals surface area contributed by atoms with Crippen molar-refractivity contribution < 1.29 is 13.2 Å². The van der Waals surface area contributed by atoms with E-state index in [9.17, 15) is 8.42 Å². The number of nitrogens with one attached hydrogen (secondary N) is 1. The average molecular weight is 370 g/mol. The third-order valence-electron chi connectivity index (χ3n) is 4.27. The monoisotopic (exact) mass is 369 g/mol. The maximum atomic E-state index is 11.9. The average Bonchev–Trinajstić information content (AvgIpc) is 2.56. The highest BCUT2D eigenvalue weighted by Crippen LogP contribution is 2.12. The molecule has 0 heterocycles. The van der Waals surface area contributed by atoms with Crippen LogP contribution in [0.3, 0.4) is 0 Å². The van der Waals surface area contributed by atoms with Crippen molar-refractivity contribution in [3.8, 4) is 5.75 Å². The number of aryl methyl sites for hydroxylation is 1. The topological polar surface area (TPSA) is 55.4 Å². The van der Waals surface area contributed by atoms with E-state index in [1.165, 1.54) is 44.9 Å². The molecule has 0 aliphatic rings. The summed E-state index contributed by atoms with van der Waals surface area (Å²) in [5.41, 5.74) is 1.09. The van der Waals surface area contributed by atoms with Crippen LogP contribution in [0.25, 0.3) is 0 Å². The third-order valence-corrected chi connectivity index (χ3v) is 5.66. The highest BCUT2D eigenvalue weighted by atomic mass is 32.2. The minimum atomic E-state index is -3.24. The van der Waals surface area contributed by atoms with Crippen molar-refractivity contribution in [2.45, 2.75) is 78.1 Å². The molecule has 0 atom stereocenters. The lowest BCUT2D eigenvalue weighted by molar-refractivity contribution is 0.310. The fourth-order valence-corrected chi connectivity index (χ4v) is 3.73. The van der Waals surface area contributed by atoms with Crippen molar-refractivity contribution in [1.29, 1.82) is 0 Å². The summed E-state index contributed by atoms with van der Waals surface area (Å²) in [6.45, 7) is 4.20. The zero-order valence-electron chi connectivity index (χ0n) is 15.9.